The molecule has 5 nitrogen and oxygen atoms in total. The Bertz CT molecular complexity index is 311. The molecule has 0 amide bonds. The summed E-state index contributed by atoms with van der Waals surface area (Å²) in [5.41, 5.74) is 0. The van der Waals surface area contributed by atoms with Crippen molar-refractivity contribution in [3.8, 4) is 0 Å². The fourth-order valence-electron chi connectivity index (χ4n) is 1.63. The second-order valence-corrected chi connectivity index (χ2v) is 5.22. The van der Waals surface area contributed by atoms with Gasteiger partial charge in [0, 0.05) is 13.8 Å². The molecule has 1 aliphatic heterocycles. The molecule has 0 bridgehead atoms. The van der Waals surface area contributed by atoms with Gasteiger partial charge in [-0.15, -0.1) is 0 Å². The predicted molar refractivity (Wildman–Crippen MR) is 64.4 cm³/mol. The molecule has 0 aliphatic carbocycles. The number of rotatable bonds is 2. The smallest absolute Gasteiger partial charge is 0.303 e. The number of hydrogen-bond acceptors (Lipinski definition) is 5. The molecule has 1 heterocycles. The zero-order valence-electron chi connectivity index (χ0n) is 9.68. The van der Waals surface area contributed by atoms with Crippen molar-refractivity contribution in [3.05, 3.63) is 0 Å². The molecular formula is C10H14FIO5. The van der Waals surface area contributed by atoms with Gasteiger partial charge in [0.15, 0.2) is 12.2 Å². The number of alkyl halides is 2. The summed E-state index contributed by atoms with van der Waals surface area (Å²) < 4.78 is 27.8. The Kier molecular flexibility index (Phi) is 5.11. The normalized spacial score (nSPS) is 37.4. The van der Waals surface area contributed by atoms with Gasteiger partial charge in [-0.2, -0.15) is 0 Å². The van der Waals surface area contributed by atoms with Crippen molar-refractivity contribution in [2.24, 2.45) is 0 Å². The maximum Gasteiger partial charge on any atom is 0.303 e. The van der Waals surface area contributed by atoms with E-state index < -0.39 is 40.5 Å². The van der Waals surface area contributed by atoms with Crippen LogP contribution < -0.4 is 0 Å². The van der Waals surface area contributed by atoms with E-state index in [1.807, 2.05) is 0 Å². The summed E-state index contributed by atoms with van der Waals surface area (Å²) in [5.74, 6) is -1.07. The van der Waals surface area contributed by atoms with Crippen LogP contribution in [0.1, 0.15) is 20.8 Å². The van der Waals surface area contributed by atoms with Gasteiger partial charge in [0.1, 0.15) is 3.92 Å². The Balaban J connectivity index is 2.86. The molecule has 0 radical (unpaired) electrons. The molecule has 0 aromatic carbocycles. The van der Waals surface area contributed by atoms with Crippen LogP contribution in [-0.2, 0) is 23.8 Å². The quantitative estimate of drug-likeness (QED) is 0.423. The first-order valence-electron chi connectivity index (χ1n) is 5.11. The van der Waals surface area contributed by atoms with Crippen LogP contribution in [0.2, 0.25) is 0 Å². The third-order valence-electron chi connectivity index (χ3n) is 2.30. The highest BCUT2D eigenvalue weighted by Gasteiger charge is 2.47. The van der Waals surface area contributed by atoms with Crippen LogP contribution in [0, 0.1) is 0 Å². The largest absolute Gasteiger partial charge is 0.457 e. The SMILES string of the molecule is CC(=O)O[C@@H]1[C@@H](OC(C)=O)[C@@H](I)[C@H](F)O[C@H]1C. The van der Waals surface area contributed by atoms with E-state index in [9.17, 15) is 14.0 Å². The van der Waals surface area contributed by atoms with Gasteiger partial charge in [0.25, 0.3) is 0 Å². The van der Waals surface area contributed by atoms with E-state index in [1.54, 1.807) is 29.5 Å². The van der Waals surface area contributed by atoms with Crippen LogP contribution in [0.4, 0.5) is 4.39 Å². The number of hydrogen-bond donors (Lipinski definition) is 0. The molecule has 7 heteroatoms. The molecule has 98 valence electrons. The Hall–Kier alpha value is -0.440. The third kappa shape index (κ3) is 3.77. The molecule has 17 heavy (non-hydrogen) atoms. The van der Waals surface area contributed by atoms with Crippen molar-refractivity contribution in [1.29, 1.82) is 0 Å². The van der Waals surface area contributed by atoms with Crippen LogP contribution in [0.15, 0.2) is 0 Å². The lowest BCUT2D eigenvalue weighted by molar-refractivity contribution is -0.217. The molecule has 1 fully saturated rings. The van der Waals surface area contributed by atoms with Gasteiger partial charge in [-0.25, -0.2) is 4.39 Å². The number of carbonyl (C=O) groups excluding carboxylic acids is 2. The maximum absolute atomic E-state index is 13.5. The minimum atomic E-state index is -1.55. The summed E-state index contributed by atoms with van der Waals surface area (Å²) in [7, 11) is 0. The molecule has 1 saturated heterocycles. The van der Waals surface area contributed by atoms with Crippen LogP contribution in [0.25, 0.3) is 0 Å². The molecule has 1 rings (SSSR count). The monoisotopic (exact) mass is 360 g/mol. The van der Waals surface area contributed by atoms with Crippen molar-refractivity contribution in [1.82, 2.24) is 0 Å². The van der Waals surface area contributed by atoms with Crippen molar-refractivity contribution in [2.45, 2.75) is 49.4 Å². The lowest BCUT2D eigenvalue weighted by Crippen LogP contribution is -2.56. The lowest BCUT2D eigenvalue weighted by atomic mass is 10.0. The number of esters is 2. The summed E-state index contributed by atoms with van der Waals surface area (Å²) >= 11 is 1.78. The summed E-state index contributed by atoms with van der Waals surface area (Å²) in [6, 6.07) is 0. The van der Waals surface area contributed by atoms with Crippen LogP contribution in [0.3, 0.4) is 0 Å². The first-order chi connectivity index (χ1) is 7.82. The summed E-state index contributed by atoms with van der Waals surface area (Å²) in [6.07, 6.45) is -3.84. The molecule has 0 aromatic rings. The third-order valence-corrected chi connectivity index (χ3v) is 3.57. The van der Waals surface area contributed by atoms with Crippen molar-refractivity contribution >= 4 is 34.5 Å². The van der Waals surface area contributed by atoms with E-state index in [0.29, 0.717) is 0 Å². The standard InChI is InChI=1S/C10H14FIO5/c1-4-8(16-5(2)13)9(17-6(3)14)7(12)10(11)15-4/h4,7-10H,1-3H3/t4-,7+,8-,9-,10+/m0/s1. The molecule has 0 aromatic heterocycles. The highest BCUT2D eigenvalue weighted by Crippen LogP contribution is 2.31. The van der Waals surface area contributed by atoms with E-state index in [1.165, 1.54) is 13.8 Å². The average molecular weight is 360 g/mol. The maximum atomic E-state index is 13.5. The van der Waals surface area contributed by atoms with Gasteiger partial charge in [0.2, 0.25) is 6.36 Å². The molecule has 1 aliphatic rings. The summed E-state index contributed by atoms with van der Waals surface area (Å²) in [5, 5.41) is 0. The molecular weight excluding hydrogens is 346 g/mol. The second-order valence-electron chi connectivity index (χ2n) is 3.78. The van der Waals surface area contributed by atoms with Gasteiger partial charge < -0.3 is 14.2 Å². The summed E-state index contributed by atoms with van der Waals surface area (Å²) in [4.78, 5) is 21.9. The number of ether oxygens (including phenoxy) is 3. The highest BCUT2D eigenvalue weighted by molar-refractivity contribution is 14.1. The number of carbonyl (C=O) groups is 2. The zero-order chi connectivity index (χ0) is 13.2. The topological polar surface area (TPSA) is 61.8 Å². The fraction of sp³-hybridized carbons (Fsp3) is 0.800. The minimum absolute atomic E-state index is 0.525. The van der Waals surface area contributed by atoms with Gasteiger partial charge in [-0.05, 0) is 6.92 Å². The van der Waals surface area contributed by atoms with Gasteiger partial charge in [-0.1, -0.05) is 22.6 Å². The molecule has 0 unspecified atom stereocenters. The van der Waals surface area contributed by atoms with E-state index in [2.05, 4.69) is 0 Å². The molecule has 5 atom stereocenters. The lowest BCUT2D eigenvalue weighted by Gasteiger charge is -2.39. The Morgan fingerprint density at radius 1 is 1.18 bits per heavy atom. The van der Waals surface area contributed by atoms with Crippen LogP contribution >= 0.6 is 22.6 Å². The highest BCUT2D eigenvalue weighted by atomic mass is 127. The van der Waals surface area contributed by atoms with Crippen molar-refractivity contribution < 1.29 is 28.2 Å². The molecule has 0 spiro atoms. The van der Waals surface area contributed by atoms with Gasteiger partial charge in [0.05, 0.1) is 6.10 Å². The van der Waals surface area contributed by atoms with Crippen molar-refractivity contribution in [3.63, 3.8) is 0 Å². The fourth-order valence-corrected chi connectivity index (χ4v) is 2.36. The first-order valence-corrected chi connectivity index (χ1v) is 6.35. The van der Waals surface area contributed by atoms with Crippen LogP contribution in [-0.4, -0.2) is 40.5 Å². The zero-order valence-corrected chi connectivity index (χ0v) is 11.8. The van der Waals surface area contributed by atoms with E-state index in [0.717, 1.165) is 0 Å². The average Bonchev–Trinajstić information content (AvgIpc) is 2.19. The Labute approximate surface area is 112 Å². The predicted octanol–water partition coefficient (Wildman–Crippen LogP) is 1.37. The van der Waals surface area contributed by atoms with E-state index in [4.69, 9.17) is 14.2 Å². The summed E-state index contributed by atoms with van der Waals surface area (Å²) in [6.45, 7) is 4.03. The Morgan fingerprint density at radius 2 is 1.65 bits per heavy atom. The second kappa shape index (κ2) is 5.94. The minimum Gasteiger partial charge on any atom is -0.457 e. The Morgan fingerprint density at radius 3 is 2.12 bits per heavy atom. The number of halogens is 2. The van der Waals surface area contributed by atoms with Crippen LogP contribution in [0.5, 0.6) is 0 Å². The molecule has 0 saturated carbocycles. The van der Waals surface area contributed by atoms with E-state index >= 15 is 0 Å². The van der Waals surface area contributed by atoms with Crippen molar-refractivity contribution in [2.75, 3.05) is 0 Å². The molecule has 0 N–H and O–H groups in total. The van der Waals surface area contributed by atoms with Gasteiger partial charge in [-0.3, -0.25) is 9.59 Å². The van der Waals surface area contributed by atoms with Gasteiger partial charge >= 0.3 is 11.9 Å². The first kappa shape index (κ1) is 14.6. The van der Waals surface area contributed by atoms with E-state index in [-0.39, 0.29) is 0 Å².